The van der Waals surface area contributed by atoms with Crippen molar-refractivity contribution >= 4 is 0 Å². The van der Waals surface area contributed by atoms with Gasteiger partial charge in [0.1, 0.15) is 0 Å². The summed E-state index contributed by atoms with van der Waals surface area (Å²) in [6, 6.07) is 9.60. The predicted octanol–water partition coefficient (Wildman–Crippen LogP) is 2.82. The molecule has 0 amide bonds. The molecule has 1 heterocycles. The minimum absolute atomic E-state index is 0.307. The van der Waals surface area contributed by atoms with E-state index in [1.807, 2.05) is 0 Å². The molecule has 1 N–H and O–H groups in total. The summed E-state index contributed by atoms with van der Waals surface area (Å²) in [4.78, 5) is 0. The van der Waals surface area contributed by atoms with Gasteiger partial charge in [-0.05, 0) is 31.7 Å². The van der Waals surface area contributed by atoms with Gasteiger partial charge in [0.15, 0.2) is 0 Å². The standard InChI is InChI=1S/C15H21NO/c1-11-2-4-12(5-3-11)15-13(8-9-17-15)10-16-14-6-7-14/h2-5,13-16H,6-10H2,1H3. The lowest BCUT2D eigenvalue weighted by Crippen LogP contribution is -2.26. The molecule has 2 unspecified atom stereocenters. The summed E-state index contributed by atoms with van der Waals surface area (Å²) in [7, 11) is 0. The molecule has 2 aliphatic rings. The number of rotatable bonds is 4. The van der Waals surface area contributed by atoms with Crippen molar-refractivity contribution in [1.29, 1.82) is 0 Å². The van der Waals surface area contributed by atoms with Crippen LogP contribution < -0.4 is 5.32 Å². The molecule has 0 spiro atoms. The number of aryl methyl sites for hydroxylation is 1. The topological polar surface area (TPSA) is 21.3 Å². The van der Waals surface area contributed by atoms with E-state index >= 15 is 0 Å². The maximum Gasteiger partial charge on any atom is 0.0866 e. The van der Waals surface area contributed by atoms with Crippen LogP contribution in [-0.4, -0.2) is 19.2 Å². The molecule has 2 atom stereocenters. The molecule has 17 heavy (non-hydrogen) atoms. The zero-order valence-corrected chi connectivity index (χ0v) is 10.5. The van der Waals surface area contributed by atoms with Gasteiger partial charge in [0, 0.05) is 25.1 Å². The molecule has 0 bridgehead atoms. The van der Waals surface area contributed by atoms with Crippen LogP contribution in [0, 0.1) is 12.8 Å². The van der Waals surface area contributed by atoms with Crippen LogP contribution in [0.25, 0.3) is 0 Å². The third kappa shape index (κ3) is 2.70. The van der Waals surface area contributed by atoms with Gasteiger partial charge in [0.2, 0.25) is 0 Å². The highest BCUT2D eigenvalue weighted by atomic mass is 16.5. The van der Waals surface area contributed by atoms with Crippen molar-refractivity contribution in [2.24, 2.45) is 5.92 Å². The first kappa shape index (κ1) is 11.2. The van der Waals surface area contributed by atoms with E-state index in [1.54, 1.807) is 0 Å². The van der Waals surface area contributed by atoms with Crippen LogP contribution in [0.15, 0.2) is 24.3 Å². The van der Waals surface area contributed by atoms with E-state index in [0.717, 1.165) is 19.2 Å². The minimum Gasteiger partial charge on any atom is -0.373 e. The van der Waals surface area contributed by atoms with Crippen molar-refractivity contribution in [3.63, 3.8) is 0 Å². The Bertz CT molecular complexity index is 369. The summed E-state index contributed by atoms with van der Waals surface area (Å²) in [5, 5.41) is 3.63. The van der Waals surface area contributed by atoms with E-state index in [9.17, 15) is 0 Å². The molecule has 2 heteroatoms. The van der Waals surface area contributed by atoms with E-state index in [1.165, 1.54) is 30.4 Å². The number of nitrogens with one attached hydrogen (secondary N) is 1. The SMILES string of the molecule is Cc1ccc(C2OCCC2CNC2CC2)cc1. The van der Waals surface area contributed by atoms with Gasteiger partial charge in [0.25, 0.3) is 0 Å². The molecule has 1 aromatic rings. The summed E-state index contributed by atoms with van der Waals surface area (Å²) in [6.45, 7) is 4.16. The van der Waals surface area contributed by atoms with E-state index in [2.05, 4.69) is 36.5 Å². The normalized spacial score (nSPS) is 28.5. The van der Waals surface area contributed by atoms with E-state index in [-0.39, 0.29) is 0 Å². The maximum absolute atomic E-state index is 5.90. The zero-order valence-electron chi connectivity index (χ0n) is 10.5. The lowest BCUT2D eigenvalue weighted by molar-refractivity contribution is 0.0904. The highest BCUT2D eigenvalue weighted by molar-refractivity contribution is 5.24. The van der Waals surface area contributed by atoms with Gasteiger partial charge in [-0.1, -0.05) is 29.8 Å². The van der Waals surface area contributed by atoms with Crippen molar-refractivity contribution < 1.29 is 4.74 Å². The van der Waals surface area contributed by atoms with Gasteiger partial charge in [-0.15, -0.1) is 0 Å². The quantitative estimate of drug-likeness (QED) is 0.860. The van der Waals surface area contributed by atoms with Crippen molar-refractivity contribution in [2.45, 2.75) is 38.3 Å². The Morgan fingerprint density at radius 3 is 2.65 bits per heavy atom. The van der Waals surface area contributed by atoms with Crippen LogP contribution >= 0.6 is 0 Å². The Balaban J connectivity index is 1.65. The van der Waals surface area contributed by atoms with Gasteiger partial charge >= 0.3 is 0 Å². The van der Waals surface area contributed by atoms with Crippen LogP contribution in [0.3, 0.4) is 0 Å². The number of ether oxygens (including phenoxy) is 1. The lowest BCUT2D eigenvalue weighted by Gasteiger charge is -2.19. The number of hydrogen-bond donors (Lipinski definition) is 1. The molecule has 92 valence electrons. The first-order chi connectivity index (χ1) is 8.33. The van der Waals surface area contributed by atoms with Crippen LogP contribution in [0.5, 0.6) is 0 Å². The summed E-state index contributed by atoms with van der Waals surface area (Å²) in [5.41, 5.74) is 2.66. The molecule has 2 nitrogen and oxygen atoms in total. The Morgan fingerprint density at radius 1 is 1.18 bits per heavy atom. The average molecular weight is 231 g/mol. The van der Waals surface area contributed by atoms with Crippen molar-refractivity contribution in [2.75, 3.05) is 13.2 Å². The maximum atomic E-state index is 5.90. The monoisotopic (exact) mass is 231 g/mol. The second-order valence-electron chi connectivity index (χ2n) is 5.43. The highest BCUT2D eigenvalue weighted by Crippen LogP contribution is 2.34. The second kappa shape index (κ2) is 4.79. The third-order valence-electron chi connectivity index (χ3n) is 3.87. The molecule has 1 saturated heterocycles. The Morgan fingerprint density at radius 2 is 1.94 bits per heavy atom. The smallest absolute Gasteiger partial charge is 0.0866 e. The number of hydrogen-bond acceptors (Lipinski definition) is 2. The molecular formula is C15H21NO. The van der Waals surface area contributed by atoms with Gasteiger partial charge in [-0.25, -0.2) is 0 Å². The van der Waals surface area contributed by atoms with Gasteiger partial charge in [-0.3, -0.25) is 0 Å². The molecule has 1 aromatic carbocycles. The Kier molecular flexibility index (Phi) is 3.17. The predicted molar refractivity (Wildman–Crippen MR) is 69.0 cm³/mol. The molecule has 1 saturated carbocycles. The fourth-order valence-electron chi connectivity index (χ4n) is 2.57. The molecule has 0 radical (unpaired) electrons. The van der Waals surface area contributed by atoms with Crippen LogP contribution in [0.1, 0.15) is 36.5 Å². The van der Waals surface area contributed by atoms with Crippen LogP contribution in [0.4, 0.5) is 0 Å². The molecular weight excluding hydrogens is 210 g/mol. The Hall–Kier alpha value is -0.860. The van der Waals surface area contributed by atoms with Gasteiger partial charge < -0.3 is 10.1 Å². The summed E-state index contributed by atoms with van der Waals surface area (Å²) >= 11 is 0. The zero-order chi connectivity index (χ0) is 11.7. The molecule has 0 aromatic heterocycles. The van der Waals surface area contributed by atoms with E-state index in [0.29, 0.717) is 12.0 Å². The van der Waals surface area contributed by atoms with E-state index in [4.69, 9.17) is 4.74 Å². The fourth-order valence-corrected chi connectivity index (χ4v) is 2.57. The molecule has 2 fully saturated rings. The third-order valence-corrected chi connectivity index (χ3v) is 3.87. The minimum atomic E-state index is 0.307. The second-order valence-corrected chi connectivity index (χ2v) is 5.43. The van der Waals surface area contributed by atoms with Crippen molar-refractivity contribution in [3.8, 4) is 0 Å². The summed E-state index contributed by atoms with van der Waals surface area (Å²) in [6.07, 6.45) is 4.23. The largest absolute Gasteiger partial charge is 0.373 e. The Labute approximate surface area is 103 Å². The lowest BCUT2D eigenvalue weighted by atomic mass is 9.95. The molecule has 1 aliphatic carbocycles. The van der Waals surface area contributed by atoms with Crippen LogP contribution in [-0.2, 0) is 4.74 Å². The van der Waals surface area contributed by atoms with Gasteiger partial charge in [-0.2, -0.15) is 0 Å². The van der Waals surface area contributed by atoms with E-state index < -0.39 is 0 Å². The summed E-state index contributed by atoms with van der Waals surface area (Å²) in [5.74, 6) is 0.651. The van der Waals surface area contributed by atoms with Crippen molar-refractivity contribution in [1.82, 2.24) is 5.32 Å². The van der Waals surface area contributed by atoms with Gasteiger partial charge in [0.05, 0.1) is 6.10 Å². The van der Waals surface area contributed by atoms with Crippen molar-refractivity contribution in [3.05, 3.63) is 35.4 Å². The average Bonchev–Trinajstić information content (AvgIpc) is 3.06. The number of benzene rings is 1. The highest BCUT2D eigenvalue weighted by Gasteiger charge is 2.31. The molecule has 3 rings (SSSR count). The van der Waals surface area contributed by atoms with Crippen LogP contribution in [0.2, 0.25) is 0 Å². The first-order valence-electron chi connectivity index (χ1n) is 6.74. The first-order valence-corrected chi connectivity index (χ1v) is 6.74. The summed E-state index contributed by atoms with van der Waals surface area (Å²) < 4.78 is 5.90. The fraction of sp³-hybridized carbons (Fsp3) is 0.600. The molecule has 1 aliphatic heterocycles.